The Balaban J connectivity index is 0.934. The number of carbonyl (C=O) groups is 4. The lowest BCUT2D eigenvalue weighted by atomic mass is 9.93. The Bertz CT molecular complexity index is 2360. The molecule has 3 amide bonds. The van der Waals surface area contributed by atoms with E-state index in [1.165, 1.54) is 16.9 Å². The van der Waals surface area contributed by atoms with Crippen molar-refractivity contribution in [2.45, 2.75) is 145 Å². The molecule has 0 radical (unpaired) electrons. The summed E-state index contributed by atoms with van der Waals surface area (Å²) in [5.74, 6) is -0.200. The number of hydrogen-bond donors (Lipinski definition) is 2. The highest BCUT2D eigenvalue weighted by atomic mass is 32.1. The van der Waals surface area contributed by atoms with Crippen LogP contribution in [0.5, 0.6) is 0 Å². The average Bonchev–Trinajstić information content (AvgIpc) is 3.55. The van der Waals surface area contributed by atoms with Crippen molar-refractivity contribution in [3.8, 4) is 0 Å². The van der Waals surface area contributed by atoms with Crippen molar-refractivity contribution in [1.82, 2.24) is 25.1 Å². The summed E-state index contributed by atoms with van der Waals surface area (Å²) in [4.78, 5) is 63.6. The van der Waals surface area contributed by atoms with Crippen molar-refractivity contribution in [3.63, 3.8) is 0 Å². The topological polar surface area (TPSA) is 147 Å². The molecule has 5 heterocycles. The third-order valence-corrected chi connectivity index (χ3v) is 17.6. The quantitative estimate of drug-likeness (QED) is 0.107. The van der Waals surface area contributed by atoms with Gasteiger partial charge in [0.15, 0.2) is 0 Å². The second-order valence-corrected chi connectivity index (χ2v) is 22.4. The zero-order valence-corrected chi connectivity index (χ0v) is 39.7. The molecule has 6 aliphatic rings. The average molecular weight is 926 g/mol. The van der Waals surface area contributed by atoms with Crippen LogP contribution in [0.4, 0.5) is 0 Å². The molecule has 2 aromatic carbocycles. The number of likely N-dealkylation sites (N-methyl/N-ethyl adjacent to an activating group) is 1. The molecule has 5 fully saturated rings. The summed E-state index contributed by atoms with van der Waals surface area (Å²) < 4.78 is 32.6. The van der Waals surface area contributed by atoms with Crippen LogP contribution < -0.4 is 10.4 Å². The van der Waals surface area contributed by atoms with E-state index in [0.29, 0.717) is 42.0 Å². The first-order valence-corrected chi connectivity index (χ1v) is 26.5. The standard InChI is InChI=1S/C50H64N5O8PS/c1-4-24-62-49(59)33(2)52-64(60,63-40-13-9-6-10-14-40)32-34-15-20-44-36(26-34)27-45(65-44)46(56)51-42-18-16-38(53(3)31-41-21-25-61-41)28-39-17-19-43(55(39)47(42)57)48(58)54-30-37(29-50(54)22-23-50)35-11-7-5-8-12-35/h5,7-9,11-15,20,26-27,33,37-39,41-43H,4,6,10,16-19,21-25,28-32H2,1-3H3,(H,51,56)(H,52,60)/t33-,37+,38-,39+,41+,42?,43-,64?/m0/s1. The first-order chi connectivity index (χ1) is 31.4. The van der Waals surface area contributed by atoms with Crippen LogP contribution in [0.25, 0.3) is 10.1 Å². The van der Waals surface area contributed by atoms with Gasteiger partial charge < -0.3 is 34.0 Å². The highest BCUT2D eigenvalue weighted by molar-refractivity contribution is 7.56. The Hall–Kier alpha value is -4.33. The number of ether oxygens (including phenoxy) is 2. The summed E-state index contributed by atoms with van der Waals surface area (Å²) in [6.07, 6.45) is 15.5. The Kier molecular flexibility index (Phi) is 13.7. The summed E-state index contributed by atoms with van der Waals surface area (Å²) >= 11 is 1.33. The van der Waals surface area contributed by atoms with Gasteiger partial charge in [0.1, 0.15) is 23.9 Å². The summed E-state index contributed by atoms with van der Waals surface area (Å²) in [7, 11) is -1.54. The number of nitrogens with zero attached hydrogens (tertiary/aromatic N) is 3. The minimum Gasteiger partial charge on any atom is -0.465 e. The number of esters is 1. The van der Waals surface area contributed by atoms with Gasteiger partial charge in [0, 0.05) is 47.9 Å². The van der Waals surface area contributed by atoms with Crippen LogP contribution in [0.2, 0.25) is 0 Å². The molecule has 2 aliphatic carbocycles. The predicted molar refractivity (Wildman–Crippen MR) is 252 cm³/mol. The van der Waals surface area contributed by atoms with Gasteiger partial charge in [-0.15, -0.1) is 11.3 Å². The van der Waals surface area contributed by atoms with E-state index in [9.17, 15) is 23.7 Å². The molecular weight excluding hydrogens is 862 g/mol. The van der Waals surface area contributed by atoms with Gasteiger partial charge in [0.2, 0.25) is 11.8 Å². The highest BCUT2D eigenvalue weighted by Crippen LogP contribution is 2.55. The maximum absolute atomic E-state index is 14.9. The smallest absolute Gasteiger partial charge is 0.323 e. The van der Waals surface area contributed by atoms with Crippen LogP contribution >= 0.6 is 18.9 Å². The molecule has 9 rings (SSSR count). The summed E-state index contributed by atoms with van der Waals surface area (Å²) in [6, 6.07) is 15.8. The van der Waals surface area contributed by atoms with Crippen LogP contribution in [-0.2, 0) is 39.1 Å². The number of amides is 3. The van der Waals surface area contributed by atoms with E-state index in [-0.39, 0.29) is 60.1 Å². The van der Waals surface area contributed by atoms with Crippen LogP contribution in [-0.4, -0.2) is 114 Å². The maximum atomic E-state index is 14.9. The number of nitrogens with one attached hydrogen (secondary N) is 2. The third-order valence-electron chi connectivity index (χ3n) is 14.5. The highest BCUT2D eigenvalue weighted by Gasteiger charge is 2.58. The van der Waals surface area contributed by atoms with Crippen molar-refractivity contribution < 1.29 is 37.7 Å². The Morgan fingerprint density at radius 3 is 2.58 bits per heavy atom. The molecule has 1 aromatic heterocycles. The Labute approximate surface area is 386 Å². The second-order valence-electron chi connectivity index (χ2n) is 19.2. The van der Waals surface area contributed by atoms with E-state index in [1.807, 2.05) is 54.3 Å². The van der Waals surface area contributed by atoms with Crippen molar-refractivity contribution in [2.75, 3.05) is 33.4 Å². The fourth-order valence-corrected chi connectivity index (χ4v) is 13.7. The molecule has 348 valence electrons. The molecule has 0 bridgehead atoms. The third kappa shape index (κ3) is 10.2. The molecule has 3 aromatic rings. The first kappa shape index (κ1) is 45.8. The number of benzene rings is 2. The molecule has 1 saturated carbocycles. The van der Waals surface area contributed by atoms with Gasteiger partial charge in [0.25, 0.3) is 5.91 Å². The molecule has 15 heteroatoms. The monoisotopic (exact) mass is 925 g/mol. The van der Waals surface area contributed by atoms with E-state index in [1.54, 1.807) is 13.0 Å². The van der Waals surface area contributed by atoms with Gasteiger partial charge >= 0.3 is 13.5 Å². The SMILES string of the molecule is CCCOC(=O)[C@H](C)NP(=O)(Cc1ccc2sc(C(=O)NC3CC[C@H](N(C)C[C@H]4CCO4)C[C@H]4CC[C@@H](C(=O)N5C[C@H](c6ccccc6)CC56CC6)N4C3=O)cc2c1)OC1=CCCC=C1. The number of thiophene rings is 1. The van der Waals surface area contributed by atoms with Crippen LogP contribution in [0.3, 0.4) is 0 Å². The predicted octanol–water partition coefficient (Wildman–Crippen LogP) is 8.06. The van der Waals surface area contributed by atoms with Gasteiger partial charge in [-0.2, -0.15) is 0 Å². The summed E-state index contributed by atoms with van der Waals surface area (Å²) in [6.45, 7) is 6.06. The number of hydrogen-bond acceptors (Lipinski definition) is 10. The van der Waals surface area contributed by atoms with E-state index < -0.39 is 31.6 Å². The zero-order chi connectivity index (χ0) is 45.3. The van der Waals surface area contributed by atoms with Gasteiger partial charge in [-0.3, -0.25) is 23.7 Å². The van der Waals surface area contributed by atoms with E-state index in [4.69, 9.17) is 14.0 Å². The van der Waals surface area contributed by atoms with Crippen molar-refractivity contribution in [3.05, 3.63) is 94.6 Å². The largest absolute Gasteiger partial charge is 0.465 e. The molecule has 8 atom stereocenters. The number of likely N-dealkylation sites (tertiary alicyclic amines) is 1. The lowest BCUT2D eigenvalue weighted by Gasteiger charge is -2.42. The van der Waals surface area contributed by atoms with E-state index in [2.05, 4.69) is 51.5 Å². The number of fused-ring (bicyclic) bond motifs is 2. The summed E-state index contributed by atoms with van der Waals surface area (Å²) in [5, 5.41) is 6.92. The second kappa shape index (κ2) is 19.5. The molecule has 2 unspecified atom stereocenters. The minimum atomic E-state index is -3.68. The molecule has 4 saturated heterocycles. The molecule has 65 heavy (non-hydrogen) atoms. The van der Waals surface area contributed by atoms with Crippen LogP contribution in [0, 0.1) is 0 Å². The van der Waals surface area contributed by atoms with E-state index in [0.717, 1.165) is 81.0 Å². The molecular formula is C50H64N5O8PS. The van der Waals surface area contributed by atoms with Crippen LogP contribution in [0.1, 0.15) is 118 Å². The van der Waals surface area contributed by atoms with Crippen molar-refractivity contribution in [2.24, 2.45) is 0 Å². The lowest BCUT2D eigenvalue weighted by Crippen LogP contribution is -2.59. The number of carbonyl (C=O) groups excluding carboxylic acids is 4. The first-order valence-electron chi connectivity index (χ1n) is 23.8. The van der Waals surface area contributed by atoms with Gasteiger partial charge in [0.05, 0.1) is 23.7 Å². The summed E-state index contributed by atoms with van der Waals surface area (Å²) in [5.41, 5.74) is 1.84. The maximum Gasteiger partial charge on any atom is 0.323 e. The zero-order valence-electron chi connectivity index (χ0n) is 38.0. The van der Waals surface area contributed by atoms with Crippen molar-refractivity contribution >= 4 is 52.6 Å². The molecule has 2 N–H and O–H groups in total. The minimum absolute atomic E-state index is 0.00168. The van der Waals surface area contributed by atoms with Gasteiger partial charge in [-0.25, -0.2) is 5.09 Å². The molecule has 4 aliphatic heterocycles. The van der Waals surface area contributed by atoms with Crippen LogP contribution in [0.15, 0.2) is 78.6 Å². The van der Waals surface area contributed by atoms with Gasteiger partial charge in [-0.1, -0.05) is 49.4 Å². The lowest BCUT2D eigenvalue weighted by molar-refractivity contribution is -0.148. The molecule has 1 spiro atoms. The Morgan fingerprint density at radius 2 is 1.86 bits per heavy atom. The van der Waals surface area contributed by atoms with Gasteiger partial charge in [-0.05, 0) is 138 Å². The fourth-order valence-electron chi connectivity index (χ4n) is 10.7. The normalized spacial score (nSPS) is 27.3. The number of allylic oxidation sites excluding steroid dienone is 3. The fraction of sp³-hybridized carbons (Fsp3) is 0.560. The Morgan fingerprint density at radius 1 is 1.05 bits per heavy atom. The van der Waals surface area contributed by atoms with Crippen molar-refractivity contribution in [1.29, 1.82) is 0 Å². The van der Waals surface area contributed by atoms with E-state index >= 15 is 0 Å². The molecule has 13 nitrogen and oxygen atoms in total. The number of rotatable bonds is 16.